The largest absolute Gasteiger partial charge is 0.265 e. The molecular weight excluding hydrogens is 560 g/mol. The molecule has 6 aromatic rings. The van der Waals surface area contributed by atoms with Gasteiger partial charge in [0.1, 0.15) is 0 Å². The highest BCUT2D eigenvalue weighted by molar-refractivity contribution is 5.58. The van der Waals surface area contributed by atoms with Crippen LogP contribution in [0, 0.1) is 59.2 Å². The standard InChI is InChI=1S/C42H22N4/c1(33-11-19-43-20-12-33)5-37-27-38(6-2-34-13-21-44-22-14-34)30-41(29-37)9-10-42-31-39(7-3-35-15-23-45-24-16-35)28-40(32-42)8-4-36-17-25-46-26-18-36/h11-32H. The van der Waals surface area contributed by atoms with Crippen molar-refractivity contribution in [1.29, 1.82) is 0 Å². The van der Waals surface area contributed by atoms with Gasteiger partial charge in [-0.25, -0.2) is 0 Å². The van der Waals surface area contributed by atoms with Crippen LogP contribution in [0.25, 0.3) is 0 Å². The van der Waals surface area contributed by atoms with Crippen molar-refractivity contribution < 1.29 is 0 Å². The first-order chi connectivity index (χ1) is 22.7. The van der Waals surface area contributed by atoms with Crippen LogP contribution in [-0.2, 0) is 0 Å². The van der Waals surface area contributed by atoms with Crippen molar-refractivity contribution in [3.05, 3.63) is 190 Å². The number of hydrogen-bond donors (Lipinski definition) is 0. The second-order valence-corrected chi connectivity index (χ2v) is 9.79. The molecule has 0 amide bonds. The van der Waals surface area contributed by atoms with Crippen molar-refractivity contribution >= 4 is 0 Å². The van der Waals surface area contributed by atoms with Crippen LogP contribution in [0.5, 0.6) is 0 Å². The molecule has 0 N–H and O–H groups in total. The van der Waals surface area contributed by atoms with Crippen molar-refractivity contribution in [2.24, 2.45) is 0 Å². The predicted octanol–water partition coefficient (Wildman–Crippen LogP) is 6.27. The van der Waals surface area contributed by atoms with Crippen LogP contribution in [0.1, 0.15) is 55.6 Å². The van der Waals surface area contributed by atoms with Crippen molar-refractivity contribution in [1.82, 2.24) is 19.9 Å². The quantitative estimate of drug-likeness (QED) is 0.198. The smallest absolute Gasteiger partial charge is 0.0280 e. The zero-order chi connectivity index (χ0) is 31.2. The van der Waals surface area contributed by atoms with E-state index in [9.17, 15) is 0 Å². The molecule has 0 saturated carbocycles. The monoisotopic (exact) mass is 582 g/mol. The minimum Gasteiger partial charge on any atom is -0.265 e. The molecule has 0 fully saturated rings. The van der Waals surface area contributed by atoms with Gasteiger partial charge in [0.2, 0.25) is 0 Å². The van der Waals surface area contributed by atoms with Crippen LogP contribution in [0.2, 0.25) is 0 Å². The lowest BCUT2D eigenvalue weighted by atomic mass is 10.0. The summed E-state index contributed by atoms with van der Waals surface area (Å²) >= 11 is 0. The van der Waals surface area contributed by atoms with Crippen molar-refractivity contribution in [2.45, 2.75) is 0 Å². The topological polar surface area (TPSA) is 51.6 Å². The lowest BCUT2D eigenvalue weighted by Gasteiger charge is -1.99. The number of aromatic nitrogens is 4. The maximum atomic E-state index is 4.07. The molecule has 6 rings (SSSR count). The normalized spacial score (nSPS) is 9.30. The summed E-state index contributed by atoms with van der Waals surface area (Å²) < 4.78 is 0. The Balaban J connectivity index is 1.39. The zero-order valence-electron chi connectivity index (χ0n) is 24.5. The summed E-state index contributed by atoms with van der Waals surface area (Å²) in [6.07, 6.45) is 13.8. The average Bonchev–Trinajstić information content (AvgIpc) is 3.12. The molecule has 46 heavy (non-hydrogen) atoms. The number of nitrogens with zero attached hydrogens (tertiary/aromatic N) is 4. The molecule has 4 nitrogen and oxygen atoms in total. The summed E-state index contributed by atoms with van der Waals surface area (Å²) in [5.41, 5.74) is 8.32. The van der Waals surface area contributed by atoms with Crippen LogP contribution < -0.4 is 0 Å². The zero-order valence-corrected chi connectivity index (χ0v) is 24.5. The van der Waals surface area contributed by atoms with Crippen LogP contribution in [-0.4, -0.2) is 19.9 Å². The molecule has 0 aliphatic heterocycles. The molecule has 0 spiro atoms. The highest BCUT2D eigenvalue weighted by Crippen LogP contribution is 2.13. The Bertz CT molecular complexity index is 1990. The Hall–Kier alpha value is -7.16. The molecule has 0 aliphatic carbocycles. The molecule has 0 radical (unpaired) electrons. The maximum absolute atomic E-state index is 4.07. The van der Waals surface area contributed by atoms with Gasteiger partial charge in [-0.3, -0.25) is 19.9 Å². The van der Waals surface area contributed by atoms with Gasteiger partial charge in [-0.05, 0) is 84.9 Å². The van der Waals surface area contributed by atoms with E-state index < -0.39 is 0 Å². The van der Waals surface area contributed by atoms with E-state index in [-0.39, 0.29) is 0 Å². The summed E-state index contributed by atoms with van der Waals surface area (Å²) in [5, 5.41) is 0. The van der Waals surface area contributed by atoms with Gasteiger partial charge in [-0.15, -0.1) is 0 Å². The van der Waals surface area contributed by atoms with Gasteiger partial charge < -0.3 is 0 Å². The van der Waals surface area contributed by atoms with E-state index in [1.165, 1.54) is 0 Å². The first-order valence-corrected chi connectivity index (χ1v) is 14.3. The van der Waals surface area contributed by atoms with E-state index in [2.05, 4.69) is 79.1 Å². The van der Waals surface area contributed by atoms with Gasteiger partial charge in [0.25, 0.3) is 0 Å². The van der Waals surface area contributed by atoms with Crippen molar-refractivity contribution in [3.63, 3.8) is 0 Å². The molecule has 4 heteroatoms. The molecule has 4 aromatic heterocycles. The Labute approximate surface area is 268 Å². The molecule has 0 saturated heterocycles. The van der Waals surface area contributed by atoms with E-state index in [1.807, 2.05) is 84.9 Å². The summed E-state index contributed by atoms with van der Waals surface area (Å²) in [6.45, 7) is 0. The maximum Gasteiger partial charge on any atom is 0.0280 e. The molecular formula is C42H22N4. The second kappa shape index (κ2) is 14.8. The lowest BCUT2D eigenvalue weighted by molar-refractivity contribution is 1.32. The second-order valence-electron chi connectivity index (χ2n) is 9.79. The summed E-state index contributed by atoms with van der Waals surface area (Å²) in [5.74, 6) is 32.5. The van der Waals surface area contributed by atoms with E-state index in [4.69, 9.17) is 0 Å². The van der Waals surface area contributed by atoms with Gasteiger partial charge in [0, 0.05) is 105 Å². The fourth-order valence-electron chi connectivity index (χ4n) is 4.15. The molecule has 4 heterocycles. The van der Waals surface area contributed by atoms with Crippen LogP contribution in [0.3, 0.4) is 0 Å². The molecule has 0 aliphatic rings. The number of benzene rings is 2. The number of hydrogen-bond acceptors (Lipinski definition) is 4. The third-order valence-electron chi connectivity index (χ3n) is 6.34. The lowest BCUT2D eigenvalue weighted by Crippen LogP contribution is -1.87. The third-order valence-corrected chi connectivity index (χ3v) is 6.34. The summed E-state index contributed by atoms with van der Waals surface area (Å²) in [7, 11) is 0. The van der Waals surface area contributed by atoms with Gasteiger partial charge in [-0.2, -0.15) is 0 Å². The van der Waals surface area contributed by atoms with Crippen LogP contribution >= 0.6 is 0 Å². The fourth-order valence-corrected chi connectivity index (χ4v) is 4.15. The third kappa shape index (κ3) is 8.68. The Morgan fingerprint density at radius 3 is 0.543 bits per heavy atom. The first kappa shape index (κ1) is 28.9. The summed E-state index contributed by atoms with van der Waals surface area (Å²) in [6, 6.07) is 26.8. The SMILES string of the molecule is C(#Cc1cc(C#Cc2ccncc2)cc(C#Cc2cc(C#Cc3ccncc3)cc(C#Cc3ccncc3)c2)c1)c1ccncc1. The van der Waals surface area contributed by atoms with E-state index in [0.717, 1.165) is 55.6 Å². The first-order valence-electron chi connectivity index (χ1n) is 14.3. The molecule has 0 atom stereocenters. The van der Waals surface area contributed by atoms with Crippen molar-refractivity contribution in [3.8, 4) is 59.2 Å². The highest BCUT2D eigenvalue weighted by Gasteiger charge is 2.00. The average molecular weight is 583 g/mol. The van der Waals surface area contributed by atoms with E-state index >= 15 is 0 Å². The van der Waals surface area contributed by atoms with Gasteiger partial charge >= 0.3 is 0 Å². The minimum absolute atomic E-state index is 0.790. The molecule has 0 unspecified atom stereocenters. The van der Waals surface area contributed by atoms with Crippen LogP contribution in [0.4, 0.5) is 0 Å². The van der Waals surface area contributed by atoms with E-state index in [0.29, 0.717) is 0 Å². The van der Waals surface area contributed by atoms with Gasteiger partial charge in [0.05, 0.1) is 0 Å². The Morgan fingerprint density at radius 2 is 0.370 bits per heavy atom. The Morgan fingerprint density at radius 1 is 0.217 bits per heavy atom. The summed E-state index contributed by atoms with van der Waals surface area (Å²) in [4.78, 5) is 16.3. The fraction of sp³-hybridized carbons (Fsp3) is 0. The van der Waals surface area contributed by atoms with Gasteiger partial charge in [-0.1, -0.05) is 59.2 Å². The Kier molecular flexibility index (Phi) is 9.33. The minimum atomic E-state index is 0.790. The van der Waals surface area contributed by atoms with Crippen molar-refractivity contribution in [2.75, 3.05) is 0 Å². The number of rotatable bonds is 0. The van der Waals surface area contributed by atoms with Gasteiger partial charge in [0.15, 0.2) is 0 Å². The van der Waals surface area contributed by atoms with E-state index in [1.54, 1.807) is 49.6 Å². The molecule has 2 aromatic carbocycles. The predicted molar refractivity (Wildman–Crippen MR) is 180 cm³/mol. The molecule has 210 valence electrons. The van der Waals surface area contributed by atoms with Crippen LogP contribution in [0.15, 0.2) is 135 Å². The highest BCUT2D eigenvalue weighted by atomic mass is 14.6. The number of pyridine rings is 4. The molecule has 0 bridgehead atoms.